The van der Waals surface area contributed by atoms with Crippen molar-refractivity contribution in [2.75, 3.05) is 52.2 Å². The van der Waals surface area contributed by atoms with E-state index in [0.717, 1.165) is 0 Å². The number of hydrogen-bond acceptors (Lipinski definition) is 9. The largest absolute Gasteiger partial charge is 0.493 e. The van der Waals surface area contributed by atoms with Crippen molar-refractivity contribution in [3.05, 3.63) is 18.3 Å². The number of hydrogen-bond donors (Lipinski definition) is 2. The third-order valence-corrected chi connectivity index (χ3v) is 3.09. The van der Waals surface area contributed by atoms with Gasteiger partial charge >= 0.3 is 0 Å². The summed E-state index contributed by atoms with van der Waals surface area (Å²) in [5.74, 6) is 2.54. The van der Waals surface area contributed by atoms with Gasteiger partial charge in [0.25, 0.3) is 0 Å². The molecule has 0 atom stereocenters. The molecule has 2 aromatic rings. The van der Waals surface area contributed by atoms with Gasteiger partial charge in [-0.25, -0.2) is 0 Å². The van der Waals surface area contributed by atoms with E-state index in [9.17, 15) is 0 Å². The Balaban J connectivity index is 2.20. The maximum Gasteiger partial charge on any atom is 0.244 e. The van der Waals surface area contributed by atoms with Crippen molar-refractivity contribution in [1.82, 2.24) is 15.2 Å². The smallest absolute Gasteiger partial charge is 0.244 e. The molecule has 1 aromatic heterocycles. The molecule has 0 saturated heterocycles. The van der Waals surface area contributed by atoms with E-state index < -0.39 is 0 Å². The molecule has 130 valence electrons. The van der Waals surface area contributed by atoms with Crippen LogP contribution in [-0.4, -0.2) is 56.8 Å². The van der Waals surface area contributed by atoms with E-state index in [-0.39, 0.29) is 0 Å². The number of anilines is 3. The minimum Gasteiger partial charge on any atom is -0.493 e. The van der Waals surface area contributed by atoms with Crippen molar-refractivity contribution in [2.24, 2.45) is 0 Å². The van der Waals surface area contributed by atoms with Crippen LogP contribution in [0.5, 0.6) is 17.2 Å². The highest BCUT2D eigenvalue weighted by Gasteiger charge is 2.13. The van der Waals surface area contributed by atoms with E-state index in [2.05, 4.69) is 25.8 Å². The topological polar surface area (TPSA) is 99.7 Å². The third kappa shape index (κ3) is 4.35. The molecule has 9 nitrogen and oxygen atoms in total. The van der Waals surface area contributed by atoms with Gasteiger partial charge in [-0.1, -0.05) is 0 Å². The van der Waals surface area contributed by atoms with Crippen molar-refractivity contribution < 1.29 is 18.9 Å². The van der Waals surface area contributed by atoms with Gasteiger partial charge in [0.05, 0.1) is 34.1 Å². The zero-order valence-electron chi connectivity index (χ0n) is 14.1. The summed E-state index contributed by atoms with van der Waals surface area (Å²) in [5.41, 5.74) is 0.716. The fourth-order valence-corrected chi connectivity index (χ4v) is 2.00. The Labute approximate surface area is 140 Å². The number of nitrogens with one attached hydrogen (secondary N) is 2. The van der Waals surface area contributed by atoms with Gasteiger partial charge in [-0.3, -0.25) is 0 Å². The van der Waals surface area contributed by atoms with Gasteiger partial charge in [0.15, 0.2) is 17.3 Å². The molecule has 0 aliphatic heterocycles. The fraction of sp³-hybridized carbons (Fsp3) is 0.400. The van der Waals surface area contributed by atoms with Crippen LogP contribution in [0.2, 0.25) is 0 Å². The minimum atomic E-state index is 0.407. The lowest BCUT2D eigenvalue weighted by Gasteiger charge is -2.14. The first-order valence-electron chi connectivity index (χ1n) is 7.21. The average Bonchev–Trinajstić information content (AvgIpc) is 2.61. The molecule has 1 heterocycles. The summed E-state index contributed by atoms with van der Waals surface area (Å²) in [4.78, 5) is 4.33. The second-order valence-electron chi connectivity index (χ2n) is 4.62. The molecule has 2 rings (SSSR count). The van der Waals surface area contributed by atoms with Gasteiger partial charge in [0.2, 0.25) is 11.7 Å². The summed E-state index contributed by atoms with van der Waals surface area (Å²) >= 11 is 0. The molecule has 0 fully saturated rings. The number of benzene rings is 1. The normalized spacial score (nSPS) is 10.2. The molecular formula is C15H21N5O4. The highest BCUT2D eigenvalue weighted by atomic mass is 16.5. The molecule has 9 heteroatoms. The standard InChI is InChI=1S/C15H21N5O4/c1-21-6-5-16-15-19-13(9-17-20-15)18-10-7-11(22-2)14(24-4)12(8-10)23-3/h7-9H,5-6H2,1-4H3,(H2,16,18,19,20). The predicted molar refractivity (Wildman–Crippen MR) is 89.6 cm³/mol. The molecule has 0 bridgehead atoms. The van der Waals surface area contributed by atoms with E-state index in [1.54, 1.807) is 40.6 Å². The predicted octanol–water partition coefficient (Wildman–Crippen LogP) is 1.70. The van der Waals surface area contributed by atoms with E-state index in [4.69, 9.17) is 18.9 Å². The van der Waals surface area contributed by atoms with Crippen LogP contribution >= 0.6 is 0 Å². The molecular weight excluding hydrogens is 314 g/mol. The molecule has 0 spiro atoms. The van der Waals surface area contributed by atoms with Crippen molar-refractivity contribution in [3.8, 4) is 17.2 Å². The number of nitrogens with zero attached hydrogens (tertiary/aromatic N) is 3. The Hall–Kier alpha value is -2.81. The summed E-state index contributed by atoms with van der Waals surface area (Å²) in [6, 6.07) is 3.56. The van der Waals surface area contributed by atoms with Gasteiger partial charge in [0, 0.05) is 31.5 Å². The van der Waals surface area contributed by atoms with Crippen LogP contribution < -0.4 is 24.8 Å². The first-order chi connectivity index (χ1) is 11.7. The molecule has 0 aliphatic rings. The van der Waals surface area contributed by atoms with Crippen molar-refractivity contribution in [3.63, 3.8) is 0 Å². The molecule has 1 aromatic carbocycles. The van der Waals surface area contributed by atoms with Crippen LogP contribution in [0.25, 0.3) is 0 Å². The minimum absolute atomic E-state index is 0.407. The zero-order chi connectivity index (χ0) is 17.4. The van der Waals surface area contributed by atoms with Crippen molar-refractivity contribution >= 4 is 17.5 Å². The second-order valence-corrected chi connectivity index (χ2v) is 4.62. The van der Waals surface area contributed by atoms with Gasteiger partial charge in [-0.15, -0.1) is 5.10 Å². The van der Waals surface area contributed by atoms with Crippen LogP contribution in [0.1, 0.15) is 0 Å². The number of rotatable bonds is 9. The van der Waals surface area contributed by atoms with E-state index in [0.29, 0.717) is 47.9 Å². The van der Waals surface area contributed by atoms with Crippen molar-refractivity contribution in [1.29, 1.82) is 0 Å². The Morgan fingerprint density at radius 2 is 1.71 bits per heavy atom. The third-order valence-electron chi connectivity index (χ3n) is 3.09. The lowest BCUT2D eigenvalue weighted by atomic mass is 10.2. The highest BCUT2D eigenvalue weighted by Crippen LogP contribution is 2.40. The van der Waals surface area contributed by atoms with Gasteiger partial charge in [-0.05, 0) is 0 Å². The molecule has 0 amide bonds. The summed E-state index contributed by atoms with van der Waals surface area (Å²) < 4.78 is 20.9. The van der Waals surface area contributed by atoms with E-state index in [1.807, 2.05) is 0 Å². The lowest BCUT2D eigenvalue weighted by Crippen LogP contribution is -2.11. The number of ether oxygens (including phenoxy) is 4. The average molecular weight is 335 g/mol. The summed E-state index contributed by atoms with van der Waals surface area (Å²) in [7, 11) is 6.30. The molecule has 2 N–H and O–H groups in total. The molecule has 0 aliphatic carbocycles. The summed E-state index contributed by atoms with van der Waals surface area (Å²) in [6.07, 6.45) is 1.52. The quantitative estimate of drug-likeness (QED) is 0.663. The van der Waals surface area contributed by atoms with Crippen LogP contribution in [0, 0.1) is 0 Å². The second kappa shape index (κ2) is 8.73. The Morgan fingerprint density at radius 1 is 1.00 bits per heavy atom. The zero-order valence-corrected chi connectivity index (χ0v) is 14.1. The Kier molecular flexibility index (Phi) is 6.38. The number of methoxy groups -OCH3 is 4. The monoisotopic (exact) mass is 335 g/mol. The summed E-state index contributed by atoms with van der Waals surface area (Å²) in [6.45, 7) is 1.14. The van der Waals surface area contributed by atoms with Crippen LogP contribution in [0.3, 0.4) is 0 Å². The maximum absolute atomic E-state index is 5.33. The van der Waals surface area contributed by atoms with Gasteiger partial charge in [0.1, 0.15) is 0 Å². The van der Waals surface area contributed by atoms with Crippen LogP contribution in [-0.2, 0) is 4.74 Å². The fourth-order valence-electron chi connectivity index (χ4n) is 2.00. The Bertz CT molecular complexity index is 643. The van der Waals surface area contributed by atoms with Crippen molar-refractivity contribution in [2.45, 2.75) is 0 Å². The highest BCUT2D eigenvalue weighted by molar-refractivity contribution is 5.66. The van der Waals surface area contributed by atoms with Crippen LogP contribution in [0.15, 0.2) is 18.3 Å². The Morgan fingerprint density at radius 3 is 2.29 bits per heavy atom. The molecule has 0 radical (unpaired) electrons. The number of aromatic nitrogens is 3. The first-order valence-corrected chi connectivity index (χ1v) is 7.21. The van der Waals surface area contributed by atoms with E-state index in [1.165, 1.54) is 6.20 Å². The molecule has 24 heavy (non-hydrogen) atoms. The maximum atomic E-state index is 5.33. The summed E-state index contributed by atoms with van der Waals surface area (Å²) in [5, 5.41) is 14.0. The van der Waals surface area contributed by atoms with Gasteiger partial charge < -0.3 is 29.6 Å². The van der Waals surface area contributed by atoms with Gasteiger partial charge in [-0.2, -0.15) is 10.1 Å². The van der Waals surface area contributed by atoms with E-state index >= 15 is 0 Å². The lowest BCUT2D eigenvalue weighted by molar-refractivity contribution is 0.210. The molecule has 0 unspecified atom stereocenters. The molecule has 0 saturated carbocycles. The van der Waals surface area contributed by atoms with Crippen LogP contribution in [0.4, 0.5) is 17.5 Å². The first kappa shape index (κ1) is 17.5. The SMILES string of the molecule is COCCNc1nncc(Nc2cc(OC)c(OC)c(OC)c2)n1.